The number of nitrogens with two attached hydrogens (primary N) is 1. The van der Waals surface area contributed by atoms with Crippen molar-refractivity contribution in [3.8, 4) is 0 Å². The van der Waals surface area contributed by atoms with E-state index in [1.165, 1.54) is 0 Å². The average molecular weight is 262 g/mol. The highest BCUT2D eigenvalue weighted by molar-refractivity contribution is 5.89. The van der Waals surface area contributed by atoms with Crippen LogP contribution >= 0.6 is 0 Å². The summed E-state index contributed by atoms with van der Waals surface area (Å²) in [7, 11) is 3.95. The van der Waals surface area contributed by atoms with Gasteiger partial charge in [0.15, 0.2) is 0 Å². The Labute approximate surface area is 114 Å². The molecule has 5 nitrogen and oxygen atoms in total. The summed E-state index contributed by atoms with van der Waals surface area (Å²) in [4.78, 5) is 16.1. The van der Waals surface area contributed by atoms with Gasteiger partial charge in [0.05, 0.1) is 0 Å². The number of anilines is 2. The number of urea groups is 1. The zero-order valence-corrected chi connectivity index (χ0v) is 11.6. The van der Waals surface area contributed by atoms with E-state index in [0.717, 1.165) is 31.7 Å². The molecule has 1 atom stereocenters. The number of carbonyl (C=O) groups is 1. The molecule has 1 aliphatic rings. The van der Waals surface area contributed by atoms with Crippen molar-refractivity contribution < 1.29 is 4.79 Å². The summed E-state index contributed by atoms with van der Waals surface area (Å²) < 4.78 is 0. The third kappa shape index (κ3) is 3.86. The van der Waals surface area contributed by atoms with Crippen LogP contribution in [0.15, 0.2) is 24.3 Å². The number of nitrogen functional groups attached to an aromatic ring is 1. The SMILES string of the molecule is CN1CCC(CN(C)C(=O)Nc2cccc(N)c2)C1. The molecule has 0 saturated carbocycles. The molecule has 1 aromatic rings. The monoisotopic (exact) mass is 262 g/mol. The smallest absolute Gasteiger partial charge is 0.321 e. The molecule has 1 aliphatic heterocycles. The fourth-order valence-electron chi connectivity index (χ4n) is 2.48. The van der Waals surface area contributed by atoms with Crippen LogP contribution in [0.5, 0.6) is 0 Å². The maximum atomic E-state index is 12.1. The number of hydrogen-bond acceptors (Lipinski definition) is 3. The van der Waals surface area contributed by atoms with Crippen LogP contribution in [-0.4, -0.2) is 49.6 Å². The van der Waals surface area contributed by atoms with Gasteiger partial charge < -0.3 is 20.9 Å². The molecule has 2 rings (SSSR count). The van der Waals surface area contributed by atoms with Crippen LogP contribution in [-0.2, 0) is 0 Å². The van der Waals surface area contributed by atoms with Gasteiger partial charge in [0.25, 0.3) is 0 Å². The van der Waals surface area contributed by atoms with Gasteiger partial charge in [-0.05, 0) is 44.1 Å². The zero-order valence-electron chi connectivity index (χ0n) is 11.6. The highest BCUT2D eigenvalue weighted by Gasteiger charge is 2.22. The number of nitrogens with one attached hydrogen (secondary N) is 1. The lowest BCUT2D eigenvalue weighted by atomic mass is 10.1. The first-order chi connectivity index (χ1) is 9.04. The third-order valence-electron chi connectivity index (χ3n) is 3.51. The van der Waals surface area contributed by atoms with E-state index in [0.29, 0.717) is 11.6 Å². The van der Waals surface area contributed by atoms with Gasteiger partial charge in [0.2, 0.25) is 0 Å². The first-order valence-corrected chi connectivity index (χ1v) is 6.61. The topological polar surface area (TPSA) is 61.6 Å². The Hall–Kier alpha value is -1.75. The van der Waals surface area contributed by atoms with E-state index < -0.39 is 0 Å². The second-order valence-corrected chi connectivity index (χ2v) is 5.35. The maximum Gasteiger partial charge on any atom is 0.321 e. The Bertz CT molecular complexity index is 449. The van der Waals surface area contributed by atoms with Crippen molar-refractivity contribution in [3.05, 3.63) is 24.3 Å². The van der Waals surface area contributed by atoms with E-state index in [4.69, 9.17) is 5.73 Å². The van der Waals surface area contributed by atoms with Crippen LogP contribution in [0.4, 0.5) is 16.2 Å². The van der Waals surface area contributed by atoms with Crippen molar-refractivity contribution >= 4 is 17.4 Å². The molecule has 1 heterocycles. The molecule has 1 saturated heterocycles. The maximum absolute atomic E-state index is 12.1. The van der Waals surface area contributed by atoms with E-state index in [1.807, 2.05) is 19.2 Å². The molecule has 5 heteroatoms. The second kappa shape index (κ2) is 5.93. The zero-order chi connectivity index (χ0) is 13.8. The van der Waals surface area contributed by atoms with Crippen molar-refractivity contribution in [2.24, 2.45) is 5.92 Å². The van der Waals surface area contributed by atoms with Gasteiger partial charge in [0.1, 0.15) is 0 Å². The molecule has 0 aromatic heterocycles. The molecule has 0 spiro atoms. The summed E-state index contributed by atoms with van der Waals surface area (Å²) in [5, 5.41) is 2.86. The summed E-state index contributed by atoms with van der Waals surface area (Å²) in [6.07, 6.45) is 1.16. The first-order valence-electron chi connectivity index (χ1n) is 6.61. The first kappa shape index (κ1) is 13.7. The molecule has 3 N–H and O–H groups in total. The molecule has 19 heavy (non-hydrogen) atoms. The van der Waals surface area contributed by atoms with Crippen LogP contribution in [0.1, 0.15) is 6.42 Å². The molecular formula is C14H22N4O. The molecule has 0 bridgehead atoms. The van der Waals surface area contributed by atoms with Crippen molar-refractivity contribution in [3.63, 3.8) is 0 Å². The van der Waals surface area contributed by atoms with Crippen molar-refractivity contribution in [2.45, 2.75) is 6.42 Å². The molecule has 1 fully saturated rings. The number of hydrogen-bond donors (Lipinski definition) is 2. The van der Waals surface area contributed by atoms with Gasteiger partial charge in [-0.25, -0.2) is 4.79 Å². The van der Waals surface area contributed by atoms with E-state index in [-0.39, 0.29) is 6.03 Å². The van der Waals surface area contributed by atoms with Crippen LogP contribution in [0, 0.1) is 5.92 Å². The van der Waals surface area contributed by atoms with Gasteiger partial charge >= 0.3 is 6.03 Å². The summed E-state index contributed by atoms with van der Waals surface area (Å²) in [5.41, 5.74) is 7.07. The Morgan fingerprint density at radius 3 is 3.00 bits per heavy atom. The lowest BCUT2D eigenvalue weighted by molar-refractivity contribution is 0.214. The average Bonchev–Trinajstić information content (AvgIpc) is 2.74. The lowest BCUT2D eigenvalue weighted by Crippen LogP contribution is -2.36. The standard InChI is InChI=1S/C14H22N4O/c1-17-7-6-11(9-17)10-18(2)14(19)16-13-5-3-4-12(15)8-13/h3-5,8,11H,6-7,9-10,15H2,1-2H3,(H,16,19). The van der Waals surface area contributed by atoms with Gasteiger partial charge in [0, 0.05) is 31.5 Å². The number of amides is 2. The Morgan fingerprint density at radius 2 is 2.37 bits per heavy atom. The van der Waals surface area contributed by atoms with Crippen molar-refractivity contribution in [1.82, 2.24) is 9.80 Å². The Balaban J connectivity index is 1.85. The van der Waals surface area contributed by atoms with Gasteiger partial charge in [-0.1, -0.05) is 6.07 Å². The van der Waals surface area contributed by atoms with Crippen LogP contribution in [0.3, 0.4) is 0 Å². The molecule has 1 aromatic carbocycles. The Kier molecular flexibility index (Phi) is 4.27. The summed E-state index contributed by atoms with van der Waals surface area (Å²) in [6.45, 7) is 2.98. The van der Waals surface area contributed by atoms with Gasteiger partial charge in [-0.2, -0.15) is 0 Å². The fraction of sp³-hybridized carbons (Fsp3) is 0.500. The van der Waals surface area contributed by atoms with Crippen LogP contribution < -0.4 is 11.1 Å². The number of benzene rings is 1. The van der Waals surface area contributed by atoms with Crippen molar-refractivity contribution in [1.29, 1.82) is 0 Å². The minimum absolute atomic E-state index is 0.0832. The summed E-state index contributed by atoms with van der Waals surface area (Å²) in [5.74, 6) is 0.571. The highest BCUT2D eigenvalue weighted by Crippen LogP contribution is 2.16. The molecule has 0 radical (unpaired) electrons. The van der Waals surface area contributed by atoms with Gasteiger partial charge in [-0.15, -0.1) is 0 Å². The minimum atomic E-state index is -0.0832. The number of carbonyl (C=O) groups excluding carboxylic acids is 1. The fourth-order valence-corrected chi connectivity index (χ4v) is 2.48. The van der Waals surface area contributed by atoms with E-state index in [9.17, 15) is 4.79 Å². The van der Waals surface area contributed by atoms with Crippen molar-refractivity contribution in [2.75, 3.05) is 44.8 Å². The normalized spacial score (nSPS) is 19.4. The van der Waals surface area contributed by atoms with Gasteiger partial charge in [-0.3, -0.25) is 0 Å². The van der Waals surface area contributed by atoms with E-state index in [1.54, 1.807) is 17.0 Å². The largest absolute Gasteiger partial charge is 0.399 e. The Morgan fingerprint density at radius 1 is 1.58 bits per heavy atom. The predicted octanol–water partition coefficient (Wildman–Crippen LogP) is 1.68. The van der Waals surface area contributed by atoms with E-state index in [2.05, 4.69) is 17.3 Å². The number of likely N-dealkylation sites (tertiary alicyclic amines) is 1. The molecule has 104 valence electrons. The molecule has 2 amide bonds. The molecule has 1 unspecified atom stereocenters. The highest BCUT2D eigenvalue weighted by atomic mass is 16.2. The van der Waals surface area contributed by atoms with E-state index >= 15 is 0 Å². The number of nitrogens with zero attached hydrogens (tertiary/aromatic N) is 2. The summed E-state index contributed by atoms with van der Waals surface area (Å²) >= 11 is 0. The van der Waals surface area contributed by atoms with Crippen LogP contribution in [0.2, 0.25) is 0 Å². The van der Waals surface area contributed by atoms with Crippen LogP contribution in [0.25, 0.3) is 0 Å². The molecular weight excluding hydrogens is 240 g/mol. The third-order valence-corrected chi connectivity index (χ3v) is 3.51. The molecule has 0 aliphatic carbocycles. The quantitative estimate of drug-likeness (QED) is 0.815. The summed E-state index contributed by atoms with van der Waals surface area (Å²) in [6, 6.07) is 7.14. The lowest BCUT2D eigenvalue weighted by Gasteiger charge is -2.21. The minimum Gasteiger partial charge on any atom is -0.399 e. The predicted molar refractivity (Wildman–Crippen MR) is 78.1 cm³/mol. The second-order valence-electron chi connectivity index (χ2n) is 5.35. The number of rotatable bonds is 3.